The first-order valence-corrected chi connectivity index (χ1v) is 8.06. The van der Waals surface area contributed by atoms with E-state index < -0.39 is 0 Å². The normalized spacial score (nSPS) is 11.6. The Labute approximate surface area is 150 Å². The Morgan fingerprint density at radius 2 is 2.04 bits per heavy atom. The maximum Gasteiger partial charge on any atom is 0.231 e. The van der Waals surface area contributed by atoms with Gasteiger partial charge in [0, 0.05) is 37.0 Å². The molecule has 0 radical (unpaired) electrons. The summed E-state index contributed by atoms with van der Waals surface area (Å²) < 4.78 is 6.93. The van der Waals surface area contributed by atoms with E-state index in [1.54, 1.807) is 30.1 Å². The highest BCUT2D eigenvalue weighted by molar-refractivity contribution is 5.91. The van der Waals surface area contributed by atoms with E-state index >= 15 is 0 Å². The number of aryl methyl sites for hydroxylation is 1. The maximum atomic E-state index is 12.0. The molecular formula is C18H18N6O2. The third-order valence-electron chi connectivity index (χ3n) is 3.91. The van der Waals surface area contributed by atoms with Crippen molar-refractivity contribution in [2.45, 2.75) is 6.92 Å². The van der Waals surface area contributed by atoms with Crippen molar-refractivity contribution in [3.63, 3.8) is 0 Å². The maximum absolute atomic E-state index is 12.0. The third kappa shape index (κ3) is 3.89. The van der Waals surface area contributed by atoms with Crippen molar-refractivity contribution in [2.75, 3.05) is 11.9 Å². The molecule has 3 aromatic rings. The van der Waals surface area contributed by atoms with Gasteiger partial charge in [-0.05, 0) is 5.56 Å². The number of carbonyl (C=O) groups is 1. The molecular weight excluding hydrogens is 332 g/mol. The van der Waals surface area contributed by atoms with Gasteiger partial charge < -0.3 is 9.84 Å². The molecule has 0 saturated carbocycles. The first-order valence-electron chi connectivity index (χ1n) is 8.06. The standard InChI is InChI=1S/C18H18N6O2/c1-12(8-20-11-19)18(25)22-17-7-16(23-26-17)14-5-3-13(4-6-14)15-9-21-24(2)10-15/h3-7,9-10,12,20H,8H2,1-2H3,(H,22,25). The lowest BCUT2D eigenvalue weighted by Crippen LogP contribution is -2.28. The molecule has 0 bridgehead atoms. The van der Waals surface area contributed by atoms with Crippen molar-refractivity contribution in [1.82, 2.24) is 20.3 Å². The Morgan fingerprint density at radius 1 is 1.31 bits per heavy atom. The summed E-state index contributed by atoms with van der Waals surface area (Å²) in [4.78, 5) is 12.0. The summed E-state index contributed by atoms with van der Waals surface area (Å²) in [5, 5.41) is 21.8. The van der Waals surface area contributed by atoms with Crippen LogP contribution in [0.2, 0.25) is 0 Å². The van der Waals surface area contributed by atoms with E-state index in [1.165, 1.54) is 0 Å². The van der Waals surface area contributed by atoms with Gasteiger partial charge in [-0.1, -0.05) is 36.3 Å². The number of nitriles is 1. The molecule has 1 aromatic carbocycles. The van der Waals surface area contributed by atoms with E-state index in [2.05, 4.69) is 20.9 Å². The highest BCUT2D eigenvalue weighted by Crippen LogP contribution is 2.25. The summed E-state index contributed by atoms with van der Waals surface area (Å²) in [5.41, 5.74) is 3.59. The van der Waals surface area contributed by atoms with Gasteiger partial charge in [0.25, 0.3) is 0 Å². The molecule has 0 spiro atoms. The lowest BCUT2D eigenvalue weighted by atomic mass is 10.1. The van der Waals surface area contributed by atoms with Gasteiger partial charge in [-0.25, -0.2) is 0 Å². The SMILES string of the molecule is CC(CNC#N)C(=O)Nc1cc(-c2ccc(-c3cnn(C)c3)cc2)no1. The Hall–Kier alpha value is -3.60. The molecule has 8 nitrogen and oxygen atoms in total. The van der Waals surface area contributed by atoms with Crippen LogP contribution in [0.4, 0.5) is 5.88 Å². The average molecular weight is 350 g/mol. The number of nitrogens with one attached hydrogen (secondary N) is 2. The lowest BCUT2D eigenvalue weighted by Gasteiger charge is -2.08. The number of hydrogen-bond donors (Lipinski definition) is 2. The Bertz CT molecular complexity index is 935. The van der Waals surface area contributed by atoms with Crippen LogP contribution in [-0.2, 0) is 11.8 Å². The van der Waals surface area contributed by atoms with Crippen molar-refractivity contribution >= 4 is 11.8 Å². The van der Waals surface area contributed by atoms with Crippen molar-refractivity contribution in [3.05, 3.63) is 42.7 Å². The second kappa shape index (κ2) is 7.53. The van der Waals surface area contributed by atoms with Gasteiger partial charge in [0.05, 0.1) is 12.1 Å². The van der Waals surface area contributed by atoms with Gasteiger partial charge >= 0.3 is 0 Å². The van der Waals surface area contributed by atoms with E-state index in [4.69, 9.17) is 9.78 Å². The molecule has 0 aliphatic rings. The number of aromatic nitrogens is 3. The predicted molar refractivity (Wildman–Crippen MR) is 95.6 cm³/mol. The number of benzene rings is 1. The number of amides is 1. The van der Waals surface area contributed by atoms with E-state index in [-0.39, 0.29) is 24.3 Å². The molecule has 2 N–H and O–H groups in total. The van der Waals surface area contributed by atoms with Crippen LogP contribution in [0.15, 0.2) is 47.2 Å². The van der Waals surface area contributed by atoms with Gasteiger partial charge in [-0.2, -0.15) is 10.4 Å². The van der Waals surface area contributed by atoms with Crippen LogP contribution in [-0.4, -0.2) is 27.4 Å². The number of carbonyl (C=O) groups excluding carboxylic acids is 1. The fourth-order valence-corrected chi connectivity index (χ4v) is 2.41. The summed E-state index contributed by atoms with van der Waals surface area (Å²) in [6.45, 7) is 1.98. The fourth-order valence-electron chi connectivity index (χ4n) is 2.41. The zero-order chi connectivity index (χ0) is 18.5. The third-order valence-corrected chi connectivity index (χ3v) is 3.91. The van der Waals surface area contributed by atoms with Gasteiger partial charge in [0.1, 0.15) is 5.69 Å². The van der Waals surface area contributed by atoms with Gasteiger partial charge in [-0.15, -0.1) is 0 Å². The number of rotatable bonds is 6. The van der Waals surface area contributed by atoms with Gasteiger partial charge in [0.2, 0.25) is 11.8 Å². The molecule has 1 unspecified atom stereocenters. The van der Waals surface area contributed by atoms with Crippen LogP contribution >= 0.6 is 0 Å². The van der Waals surface area contributed by atoms with Gasteiger partial charge in [0.15, 0.2) is 6.19 Å². The Morgan fingerprint density at radius 3 is 2.69 bits per heavy atom. The van der Waals surface area contributed by atoms with Crippen molar-refractivity contribution < 1.29 is 9.32 Å². The molecule has 26 heavy (non-hydrogen) atoms. The summed E-state index contributed by atoms with van der Waals surface area (Å²) in [6, 6.07) is 9.50. The molecule has 0 fully saturated rings. The predicted octanol–water partition coefficient (Wildman–Crippen LogP) is 2.39. The molecule has 2 heterocycles. The van der Waals surface area contributed by atoms with E-state index in [0.717, 1.165) is 16.7 Å². The van der Waals surface area contributed by atoms with Crippen LogP contribution in [0.1, 0.15) is 6.92 Å². The van der Waals surface area contributed by atoms with Crippen LogP contribution in [0.5, 0.6) is 0 Å². The lowest BCUT2D eigenvalue weighted by molar-refractivity contribution is -0.119. The Kier molecular flexibility index (Phi) is 4.99. The minimum absolute atomic E-state index is 0.248. The smallest absolute Gasteiger partial charge is 0.231 e. The summed E-state index contributed by atoms with van der Waals surface area (Å²) in [5.74, 6) is -0.352. The molecule has 1 atom stereocenters. The first-order chi connectivity index (χ1) is 12.6. The van der Waals surface area contributed by atoms with Crippen LogP contribution in [0, 0.1) is 17.4 Å². The monoisotopic (exact) mass is 350 g/mol. The first kappa shape index (κ1) is 17.2. The summed E-state index contributed by atoms with van der Waals surface area (Å²) >= 11 is 0. The van der Waals surface area contributed by atoms with E-state index in [0.29, 0.717) is 5.69 Å². The average Bonchev–Trinajstić information content (AvgIpc) is 3.29. The summed E-state index contributed by atoms with van der Waals surface area (Å²) in [6.07, 6.45) is 5.54. The number of nitrogens with zero attached hydrogens (tertiary/aromatic N) is 4. The second-order valence-corrected chi connectivity index (χ2v) is 5.94. The molecule has 0 aliphatic heterocycles. The number of anilines is 1. The molecule has 0 aliphatic carbocycles. The Balaban J connectivity index is 1.68. The van der Waals surface area contributed by atoms with Crippen molar-refractivity contribution in [1.29, 1.82) is 5.26 Å². The van der Waals surface area contributed by atoms with Crippen LogP contribution in [0.25, 0.3) is 22.4 Å². The molecule has 8 heteroatoms. The van der Waals surface area contributed by atoms with Crippen molar-refractivity contribution in [3.8, 4) is 28.6 Å². The largest absolute Gasteiger partial charge is 0.338 e. The summed E-state index contributed by atoms with van der Waals surface area (Å²) in [7, 11) is 1.88. The number of hydrogen-bond acceptors (Lipinski definition) is 6. The minimum atomic E-state index is -0.373. The van der Waals surface area contributed by atoms with E-state index in [9.17, 15) is 4.79 Å². The molecule has 1 amide bonds. The van der Waals surface area contributed by atoms with Crippen LogP contribution in [0.3, 0.4) is 0 Å². The molecule has 0 saturated heterocycles. The van der Waals surface area contributed by atoms with Crippen LogP contribution < -0.4 is 10.6 Å². The van der Waals surface area contributed by atoms with E-state index in [1.807, 2.05) is 37.5 Å². The quantitative estimate of drug-likeness (QED) is 0.522. The highest BCUT2D eigenvalue weighted by Gasteiger charge is 2.15. The fraction of sp³-hybridized carbons (Fsp3) is 0.222. The topological polar surface area (TPSA) is 109 Å². The molecule has 132 valence electrons. The minimum Gasteiger partial charge on any atom is -0.338 e. The molecule has 2 aromatic heterocycles. The molecule has 3 rings (SSSR count). The highest BCUT2D eigenvalue weighted by atomic mass is 16.5. The second-order valence-electron chi connectivity index (χ2n) is 5.94. The van der Waals surface area contributed by atoms with Crippen molar-refractivity contribution in [2.24, 2.45) is 13.0 Å². The zero-order valence-corrected chi connectivity index (χ0v) is 14.4. The zero-order valence-electron chi connectivity index (χ0n) is 14.4. The van der Waals surface area contributed by atoms with Gasteiger partial charge in [-0.3, -0.25) is 14.8 Å².